The zero-order chi connectivity index (χ0) is 18.0. The molecule has 0 aliphatic rings. The van der Waals surface area contributed by atoms with Crippen molar-refractivity contribution in [3.8, 4) is 17.3 Å². The smallest absolute Gasteiger partial charge is 0.335 e. The number of aromatic amines is 1. The Labute approximate surface area is 142 Å². The first-order chi connectivity index (χ1) is 12.0. The molecule has 2 aromatic carbocycles. The molecule has 3 aromatic rings. The molecule has 0 aliphatic carbocycles. The Balaban J connectivity index is 2.12. The van der Waals surface area contributed by atoms with Gasteiger partial charge in [0.2, 0.25) is 5.88 Å². The van der Waals surface area contributed by atoms with E-state index in [-0.39, 0.29) is 11.3 Å². The fourth-order valence-electron chi connectivity index (χ4n) is 2.34. The van der Waals surface area contributed by atoms with Crippen LogP contribution in [0.1, 0.15) is 11.1 Å². The van der Waals surface area contributed by atoms with Crippen LogP contribution in [0, 0.1) is 6.92 Å². The zero-order valence-corrected chi connectivity index (χ0v) is 13.3. The number of phenols is 1. The summed E-state index contributed by atoms with van der Waals surface area (Å²) in [6.07, 6.45) is 1.17. The molecule has 0 fully saturated rings. The van der Waals surface area contributed by atoms with Gasteiger partial charge in [0.05, 0.1) is 11.4 Å². The van der Waals surface area contributed by atoms with Crippen LogP contribution in [0.5, 0.6) is 11.6 Å². The molecule has 7 nitrogen and oxygen atoms in total. The molecule has 0 spiro atoms. The first kappa shape index (κ1) is 16.3. The number of phenolic OH excluding ortho intramolecular Hbond substituents is 1. The van der Waals surface area contributed by atoms with Crippen LogP contribution in [0.2, 0.25) is 0 Å². The lowest BCUT2D eigenvalue weighted by molar-refractivity contribution is 0.430. The highest BCUT2D eigenvalue weighted by atomic mass is 16.3. The van der Waals surface area contributed by atoms with E-state index >= 15 is 0 Å². The van der Waals surface area contributed by atoms with Gasteiger partial charge < -0.3 is 10.2 Å². The molecule has 0 aliphatic heterocycles. The normalized spacial score (nSPS) is 11.1. The minimum atomic E-state index is -0.742. The molecule has 3 N–H and O–H groups in total. The molecule has 0 saturated heterocycles. The lowest BCUT2D eigenvalue weighted by atomic mass is 10.2. The van der Waals surface area contributed by atoms with E-state index in [0.717, 1.165) is 10.1 Å². The van der Waals surface area contributed by atoms with E-state index in [1.54, 1.807) is 30.3 Å². The predicted octanol–water partition coefficient (Wildman–Crippen LogP) is 2.00. The number of hydrogen-bond donors (Lipinski definition) is 3. The van der Waals surface area contributed by atoms with Crippen molar-refractivity contribution in [1.82, 2.24) is 9.55 Å². The van der Waals surface area contributed by atoms with Crippen molar-refractivity contribution in [2.45, 2.75) is 6.92 Å². The first-order valence-electron chi connectivity index (χ1n) is 7.44. The van der Waals surface area contributed by atoms with Crippen LogP contribution < -0.4 is 11.2 Å². The number of benzene rings is 2. The fraction of sp³-hybridized carbons (Fsp3) is 0.0556. The van der Waals surface area contributed by atoms with Crippen molar-refractivity contribution in [2.24, 2.45) is 4.99 Å². The van der Waals surface area contributed by atoms with Crippen LogP contribution in [0.3, 0.4) is 0 Å². The third kappa shape index (κ3) is 3.35. The molecule has 0 unspecified atom stereocenters. The molecule has 126 valence electrons. The Hall–Kier alpha value is -3.61. The second-order valence-electron chi connectivity index (χ2n) is 5.45. The Morgan fingerprint density at radius 3 is 2.48 bits per heavy atom. The summed E-state index contributed by atoms with van der Waals surface area (Å²) in [5, 5.41) is 19.7. The number of rotatable bonds is 3. The number of nitrogens with one attached hydrogen (secondary N) is 1. The van der Waals surface area contributed by atoms with Gasteiger partial charge in [-0.1, -0.05) is 12.1 Å². The van der Waals surface area contributed by atoms with E-state index in [2.05, 4.69) is 9.98 Å². The van der Waals surface area contributed by atoms with E-state index in [9.17, 15) is 19.8 Å². The minimum absolute atomic E-state index is 0.0904. The molecule has 1 heterocycles. The Kier molecular flexibility index (Phi) is 4.21. The van der Waals surface area contributed by atoms with E-state index in [0.29, 0.717) is 11.4 Å². The molecule has 1 aromatic heterocycles. The SMILES string of the molecule is Cc1cccc(-n2c(O)c(C=Nc3ccc(O)cc3)c(=O)[nH]c2=O)c1. The van der Waals surface area contributed by atoms with Gasteiger partial charge in [0.15, 0.2) is 0 Å². The number of aliphatic imine (C=N–C) groups is 1. The average molecular weight is 337 g/mol. The van der Waals surface area contributed by atoms with Gasteiger partial charge >= 0.3 is 5.69 Å². The highest BCUT2D eigenvalue weighted by Gasteiger charge is 2.14. The number of aromatic nitrogens is 2. The van der Waals surface area contributed by atoms with Crippen molar-refractivity contribution >= 4 is 11.9 Å². The van der Waals surface area contributed by atoms with Crippen molar-refractivity contribution in [1.29, 1.82) is 0 Å². The summed E-state index contributed by atoms with van der Waals surface area (Å²) in [5.41, 5.74) is 0.176. The lowest BCUT2D eigenvalue weighted by Gasteiger charge is -2.10. The quantitative estimate of drug-likeness (QED) is 0.635. The number of aryl methyl sites for hydroxylation is 1. The molecule has 0 bridgehead atoms. The van der Waals surface area contributed by atoms with Crippen LogP contribution >= 0.6 is 0 Å². The van der Waals surface area contributed by atoms with Crippen molar-refractivity contribution in [2.75, 3.05) is 0 Å². The molecule has 7 heteroatoms. The van der Waals surface area contributed by atoms with E-state index in [1.165, 1.54) is 18.3 Å². The number of aromatic hydroxyl groups is 2. The largest absolute Gasteiger partial charge is 0.508 e. The Bertz CT molecular complexity index is 1060. The van der Waals surface area contributed by atoms with Gasteiger partial charge in [0.25, 0.3) is 5.56 Å². The lowest BCUT2D eigenvalue weighted by Crippen LogP contribution is -2.31. The monoisotopic (exact) mass is 337 g/mol. The van der Waals surface area contributed by atoms with E-state index in [1.807, 2.05) is 13.0 Å². The first-order valence-corrected chi connectivity index (χ1v) is 7.44. The summed E-state index contributed by atoms with van der Waals surface area (Å²) in [7, 11) is 0. The minimum Gasteiger partial charge on any atom is -0.508 e. The number of nitrogens with zero attached hydrogens (tertiary/aromatic N) is 2. The Morgan fingerprint density at radius 1 is 1.08 bits per heavy atom. The number of hydrogen-bond acceptors (Lipinski definition) is 5. The standard InChI is InChI=1S/C18H15N3O4/c1-11-3-2-4-13(9-11)21-17(24)15(16(23)20-18(21)25)10-19-12-5-7-14(22)8-6-12/h2-10,22,24H,1H3,(H,20,23,25). The summed E-state index contributed by atoms with van der Waals surface area (Å²) >= 11 is 0. The van der Waals surface area contributed by atoms with Crippen molar-refractivity contribution in [3.05, 3.63) is 80.5 Å². The highest BCUT2D eigenvalue weighted by molar-refractivity contribution is 5.84. The van der Waals surface area contributed by atoms with Gasteiger partial charge in [-0.3, -0.25) is 14.8 Å². The maximum absolute atomic E-state index is 12.1. The average Bonchev–Trinajstić information content (AvgIpc) is 2.56. The van der Waals surface area contributed by atoms with Crippen LogP contribution in [0.4, 0.5) is 5.69 Å². The van der Waals surface area contributed by atoms with Crippen LogP contribution in [0.25, 0.3) is 5.69 Å². The predicted molar refractivity (Wildman–Crippen MR) is 94.4 cm³/mol. The summed E-state index contributed by atoms with van der Waals surface area (Å²) in [5.74, 6) is -0.408. The summed E-state index contributed by atoms with van der Waals surface area (Å²) in [4.78, 5) is 30.4. The molecule has 3 rings (SSSR count). The molecule has 0 atom stereocenters. The third-order valence-corrected chi connectivity index (χ3v) is 3.57. The molecule has 25 heavy (non-hydrogen) atoms. The second-order valence-corrected chi connectivity index (χ2v) is 5.45. The molecule has 0 amide bonds. The maximum Gasteiger partial charge on any atom is 0.335 e. The van der Waals surface area contributed by atoms with E-state index < -0.39 is 17.1 Å². The maximum atomic E-state index is 12.1. The van der Waals surface area contributed by atoms with Gasteiger partial charge in [-0.25, -0.2) is 9.36 Å². The van der Waals surface area contributed by atoms with Gasteiger partial charge in [-0.15, -0.1) is 0 Å². The molecule has 0 radical (unpaired) electrons. The number of H-pyrrole nitrogens is 1. The van der Waals surface area contributed by atoms with Gasteiger partial charge in [-0.2, -0.15) is 0 Å². The van der Waals surface area contributed by atoms with Crippen LogP contribution in [-0.2, 0) is 0 Å². The molecular weight excluding hydrogens is 322 g/mol. The van der Waals surface area contributed by atoms with Gasteiger partial charge in [0.1, 0.15) is 11.3 Å². The van der Waals surface area contributed by atoms with E-state index in [4.69, 9.17) is 0 Å². The summed E-state index contributed by atoms with van der Waals surface area (Å²) < 4.78 is 1.01. The van der Waals surface area contributed by atoms with Crippen molar-refractivity contribution < 1.29 is 10.2 Å². The van der Waals surface area contributed by atoms with Crippen LogP contribution in [-0.4, -0.2) is 26.0 Å². The molecule has 0 saturated carbocycles. The van der Waals surface area contributed by atoms with Crippen LogP contribution in [0.15, 0.2) is 63.1 Å². The summed E-state index contributed by atoms with van der Waals surface area (Å²) in [6.45, 7) is 1.85. The highest BCUT2D eigenvalue weighted by Crippen LogP contribution is 2.19. The summed E-state index contributed by atoms with van der Waals surface area (Å²) in [6, 6.07) is 12.9. The Morgan fingerprint density at radius 2 is 1.80 bits per heavy atom. The van der Waals surface area contributed by atoms with Gasteiger partial charge in [0, 0.05) is 6.21 Å². The second kappa shape index (κ2) is 6.48. The fourth-order valence-corrected chi connectivity index (χ4v) is 2.34. The van der Waals surface area contributed by atoms with Crippen molar-refractivity contribution in [3.63, 3.8) is 0 Å². The topological polar surface area (TPSA) is 108 Å². The van der Waals surface area contributed by atoms with Gasteiger partial charge in [-0.05, 0) is 48.9 Å². The molecular formula is C18H15N3O4. The third-order valence-electron chi connectivity index (χ3n) is 3.57. The zero-order valence-electron chi connectivity index (χ0n) is 13.3.